The lowest BCUT2D eigenvalue weighted by Gasteiger charge is -2.40. The molecule has 15 nitrogen and oxygen atoms in total. The fourth-order valence-corrected chi connectivity index (χ4v) is 5.05. The highest BCUT2D eigenvalue weighted by atomic mass is 16.7. The van der Waals surface area contributed by atoms with Crippen molar-refractivity contribution in [1.82, 2.24) is 0 Å². The van der Waals surface area contributed by atoms with E-state index in [0.717, 1.165) is 13.0 Å². The molecule has 0 aliphatic carbocycles. The number of esters is 1. The van der Waals surface area contributed by atoms with Crippen molar-refractivity contribution < 1.29 is 68.6 Å². The summed E-state index contributed by atoms with van der Waals surface area (Å²) in [4.78, 5) is 25.3. The molecule has 0 saturated carbocycles. The van der Waals surface area contributed by atoms with Gasteiger partial charge in [-0.1, -0.05) is 0 Å². The lowest BCUT2D eigenvalue weighted by atomic mass is 9.99. The van der Waals surface area contributed by atoms with Gasteiger partial charge in [-0.25, -0.2) is 0 Å². The molecule has 0 bridgehead atoms. The van der Waals surface area contributed by atoms with Crippen molar-refractivity contribution in [3.05, 3.63) is 46.6 Å². The maximum Gasteiger partial charge on any atom is 0.303 e. The van der Waals surface area contributed by atoms with Gasteiger partial charge in [0.2, 0.25) is 23.8 Å². The smallest absolute Gasteiger partial charge is 0.303 e. The maximum absolute atomic E-state index is 13.8. The Bertz CT molecular complexity index is 1570. The molecule has 2 aromatic carbocycles. The molecule has 3 aromatic rings. The van der Waals surface area contributed by atoms with Crippen LogP contribution in [0.2, 0.25) is 0 Å². The number of aliphatic hydroxyl groups excluding tert-OH is 5. The van der Waals surface area contributed by atoms with Crippen molar-refractivity contribution in [2.45, 2.75) is 82.2 Å². The third-order valence-corrected chi connectivity index (χ3v) is 7.41. The quantitative estimate of drug-likeness (QED) is 0.178. The van der Waals surface area contributed by atoms with Crippen LogP contribution in [0.4, 0.5) is 0 Å². The number of carbonyl (C=O) groups excluding carboxylic acids is 1. The number of benzene rings is 2. The van der Waals surface area contributed by atoms with Crippen LogP contribution in [-0.4, -0.2) is 103 Å². The van der Waals surface area contributed by atoms with E-state index in [-0.39, 0.29) is 33.8 Å². The first kappa shape index (κ1) is 31.5. The van der Waals surface area contributed by atoms with Crippen LogP contribution >= 0.6 is 0 Å². The number of ether oxygens (including phenoxy) is 5. The van der Waals surface area contributed by atoms with Crippen LogP contribution in [0.1, 0.15) is 20.8 Å². The predicted molar refractivity (Wildman–Crippen MR) is 147 cm³/mol. The molecule has 0 spiro atoms. The Morgan fingerprint density at radius 2 is 1.41 bits per heavy atom. The molecule has 1 aromatic heterocycles. The largest absolute Gasteiger partial charge is 0.508 e. The number of hydrogen-bond donors (Lipinski definition) is 7. The molecular formula is C29H32O15. The number of fused-ring (bicyclic) bond motifs is 1. The van der Waals surface area contributed by atoms with Crippen LogP contribution in [0.3, 0.4) is 0 Å². The van der Waals surface area contributed by atoms with Gasteiger partial charge >= 0.3 is 5.97 Å². The van der Waals surface area contributed by atoms with Gasteiger partial charge in [0.25, 0.3) is 0 Å². The predicted octanol–water partition coefficient (Wildman–Crippen LogP) is -0.145. The van der Waals surface area contributed by atoms with Crippen molar-refractivity contribution in [3.8, 4) is 34.3 Å². The molecule has 10 atom stereocenters. The number of aliphatic hydroxyl groups is 5. The lowest BCUT2D eigenvalue weighted by Crippen LogP contribution is -2.59. The van der Waals surface area contributed by atoms with Gasteiger partial charge in [-0.3, -0.25) is 9.59 Å². The van der Waals surface area contributed by atoms with Crippen LogP contribution in [-0.2, 0) is 19.0 Å². The SMILES string of the molecule is CC(=O)O[C@H]1C(C)O[C@H](Oc2c(-c3ccc(O)cc3)oc3cc(O[C@@H]4OC(C)[C@H](O)[C@H](O)C4O)cc(O)c3c2=O)[C@@H](O)C1O. The zero-order valence-corrected chi connectivity index (χ0v) is 23.6. The van der Waals surface area contributed by atoms with Crippen molar-refractivity contribution in [3.63, 3.8) is 0 Å². The van der Waals surface area contributed by atoms with Gasteiger partial charge in [0.15, 0.2) is 11.9 Å². The summed E-state index contributed by atoms with van der Waals surface area (Å²) in [5.74, 6) is -2.34. The molecule has 0 radical (unpaired) electrons. The van der Waals surface area contributed by atoms with Gasteiger partial charge in [-0.15, -0.1) is 0 Å². The molecule has 15 heteroatoms. The lowest BCUT2D eigenvalue weighted by molar-refractivity contribution is -0.272. The number of hydrogen-bond acceptors (Lipinski definition) is 15. The van der Waals surface area contributed by atoms with E-state index in [9.17, 15) is 45.3 Å². The first-order valence-electron chi connectivity index (χ1n) is 13.6. The molecule has 2 fully saturated rings. The normalized spacial score (nSPS) is 32.3. The van der Waals surface area contributed by atoms with Crippen LogP contribution in [0.5, 0.6) is 23.0 Å². The molecule has 0 amide bonds. The summed E-state index contributed by atoms with van der Waals surface area (Å²) >= 11 is 0. The van der Waals surface area contributed by atoms with E-state index in [1.54, 1.807) is 0 Å². The summed E-state index contributed by atoms with van der Waals surface area (Å²) in [7, 11) is 0. The number of rotatable bonds is 6. The highest BCUT2D eigenvalue weighted by Crippen LogP contribution is 2.38. The Morgan fingerprint density at radius 1 is 0.795 bits per heavy atom. The average Bonchev–Trinajstić information content (AvgIpc) is 2.97. The first-order chi connectivity index (χ1) is 20.8. The van der Waals surface area contributed by atoms with Crippen LogP contribution < -0.4 is 14.9 Å². The summed E-state index contributed by atoms with van der Waals surface area (Å²) in [5.41, 5.74) is -0.913. The Balaban J connectivity index is 1.55. The minimum atomic E-state index is -1.79. The van der Waals surface area contributed by atoms with E-state index in [4.69, 9.17) is 28.1 Å². The van der Waals surface area contributed by atoms with Gasteiger partial charge in [0.1, 0.15) is 58.7 Å². The average molecular weight is 621 g/mol. The fourth-order valence-electron chi connectivity index (χ4n) is 5.05. The van der Waals surface area contributed by atoms with E-state index >= 15 is 0 Å². The zero-order valence-electron chi connectivity index (χ0n) is 23.6. The van der Waals surface area contributed by atoms with E-state index < -0.39 is 84.3 Å². The minimum Gasteiger partial charge on any atom is -0.508 e. The number of phenolic OH excluding ortho intramolecular Hbond substituents is 2. The van der Waals surface area contributed by atoms with Gasteiger partial charge < -0.3 is 63.8 Å². The van der Waals surface area contributed by atoms with Gasteiger partial charge in [0, 0.05) is 24.6 Å². The topological polar surface area (TPSA) is 235 Å². The monoisotopic (exact) mass is 620 g/mol. The number of aromatic hydroxyl groups is 2. The van der Waals surface area contributed by atoms with Gasteiger partial charge in [-0.05, 0) is 38.1 Å². The Labute approximate surface area is 249 Å². The Kier molecular flexibility index (Phi) is 8.73. The molecule has 5 rings (SSSR count). The standard InChI is InChI=1S/C29H32O15/c1-10-19(33)21(35)23(37)28(39-10)42-15-8-16(32)18-17(9-15)43-26(13-4-6-14(31)7-5-13)27(20(18)34)44-29-24(38)22(36)25(11(2)40-29)41-12(3)30/h4-11,19,21-25,28-29,31-33,35-38H,1-3H3/t10?,11?,19-,21-,22?,23?,24-,25-,28-,29+/m0/s1. The third kappa shape index (κ3) is 5.90. The highest BCUT2D eigenvalue weighted by Gasteiger charge is 2.47. The van der Waals surface area contributed by atoms with E-state index in [1.807, 2.05) is 0 Å². The van der Waals surface area contributed by atoms with Crippen LogP contribution in [0.15, 0.2) is 45.6 Å². The maximum atomic E-state index is 13.8. The van der Waals surface area contributed by atoms with E-state index in [2.05, 4.69) is 0 Å². The summed E-state index contributed by atoms with van der Waals surface area (Å²) in [6.45, 7) is 4.05. The molecule has 2 saturated heterocycles. The second-order valence-electron chi connectivity index (χ2n) is 10.6. The Hall–Kier alpha value is -3.96. The molecule has 2 aliphatic heterocycles. The fraction of sp³-hybridized carbons (Fsp3) is 0.448. The molecule has 2 aliphatic rings. The summed E-state index contributed by atoms with van der Waals surface area (Å²) in [6, 6.07) is 7.67. The summed E-state index contributed by atoms with van der Waals surface area (Å²) in [6.07, 6.45) is -14.3. The number of phenols is 2. The first-order valence-corrected chi connectivity index (χ1v) is 13.6. The molecule has 7 N–H and O–H groups in total. The van der Waals surface area contributed by atoms with E-state index in [1.165, 1.54) is 44.2 Å². The van der Waals surface area contributed by atoms with E-state index in [0.29, 0.717) is 0 Å². The molecule has 3 heterocycles. The number of carbonyl (C=O) groups is 1. The van der Waals surface area contributed by atoms with Crippen molar-refractivity contribution in [2.24, 2.45) is 0 Å². The molecule has 4 unspecified atom stereocenters. The second-order valence-corrected chi connectivity index (χ2v) is 10.6. The van der Waals surface area contributed by atoms with Crippen molar-refractivity contribution in [2.75, 3.05) is 0 Å². The van der Waals surface area contributed by atoms with Gasteiger partial charge in [0.05, 0.1) is 12.2 Å². The van der Waals surface area contributed by atoms with Gasteiger partial charge in [-0.2, -0.15) is 0 Å². The van der Waals surface area contributed by atoms with Crippen LogP contribution in [0, 0.1) is 0 Å². The third-order valence-electron chi connectivity index (χ3n) is 7.41. The minimum absolute atomic E-state index is 0.0974. The second kappa shape index (κ2) is 12.2. The summed E-state index contributed by atoms with van der Waals surface area (Å²) < 4.78 is 33.5. The van der Waals surface area contributed by atoms with Crippen molar-refractivity contribution in [1.29, 1.82) is 0 Å². The van der Waals surface area contributed by atoms with Crippen LogP contribution in [0.25, 0.3) is 22.3 Å². The molecular weight excluding hydrogens is 588 g/mol. The molecule has 44 heavy (non-hydrogen) atoms. The highest BCUT2D eigenvalue weighted by molar-refractivity contribution is 5.88. The van der Waals surface area contributed by atoms with Crippen molar-refractivity contribution >= 4 is 16.9 Å². The Morgan fingerprint density at radius 3 is 2.07 bits per heavy atom. The molecule has 238 valence electrons. The summed E-state index contributed by atoms with van der Waals surface area (Å²) in [5, 5.41) is 72.0. The zero-order chi connectivity index (χ0) is 32.0.